The molecule has 2 aromatic carbocycles. The first-order chi connectivity index (χ1) is 10.5. The van der Waals surface area contributed by atoms with Crippen LogP contribution >= 0.6 is 0 Å². The van der Waals surface area contributed by atoms with Crippen LogP contribution in [0.2, 0.25) is 0 Å². The van der Waals surface area contributed by atoms with Crippen LogP contribution in [0.5, 0.6) is 11.5 Å². The highest BCUT2D eigenvalue weighted by Crippen LogP contribution is 2.12. The predicted octanol–water partition coefficient (Wildman–Crippen LogP) is 3.79. The van der Waals surface area contributed by atoms with E-state index in [0.29, 0.717) is 11.5 Å². The average Bonchev–Trinajstić information content (AvgIpc) is 2.48. The lowest BCUT2D eigenvalue weighted by Gasteiger charge is -2.01. The highest BCUT2D eigenvalue weighted by molar-refractivity contribution is 5.69. The van der Waals surface area contributed by atoms with E-state index >= 15 is 0 Å². The van der Waals surface area contributed by atoms with Gasteiger partial charge in [0.05, 0.1) is 0 Å². The first kappa shape index (κ1) is 17.4. The lowest BCUT2D eigenvalue weighted by Crippen LogP contribution is -2.00. The maximum atomic E-state index is 10.5. The molecule has 0 saturated carbocycles. The van der Waals surface area contributed by atoms with E-state index in [1.54, 1.807) is 24.3 Å². The molecule has 0 atom stereocenters. The van der Waals surface area contributed by atoms with Crippen LogP contribution in [-0.4, -0.2) is 11.9 Å². The lowest BCUT2D eigenvalue weighted by atomic mass is 10.2. The van der Waals surface area contributed by atoms with Gasteiger partial charge in [-0.25, -0.2) is 0 Å². The fraction of sp³-hybridized carbons (Fsp3) is 0.222. The molecule has 2 rings (SSSR count). The molecule has 22 heavy (non-hydrogen) atoms. The maximum Gasteiger partial charge on any atom is 0.308 e. The number of rotatable bonds is 3. The van der Waals surface area contributed by atoms with Crippen molar-refractivity contribution in [2.75, 3.05) is 0 Å². The van der Waals surface area contributed by atoms with E-state index in [9.17, 15) is 9.59 Å². The van der Waals surface area contributed by atoms with Crippen LogP contribution in [0.3, 0.4) is 0 Å². The van der Waals surface area contributed by atoms with Gasteiger partial charge >= 0.3 is 11.9 Å². The van der Waals surface area contributed by atoms with Gasteiger partial charge in [0, 0.05) is 13.8 Å². The van der Waals surface area contributed by atoms with E-state index < -0.39 is 0 Å². The van der Waals surface area contributed by atoms with Gasteiger partial charge in [0.15, 0.2) is 0 Å². The summed E-state index contributed by atoms with van der Waals surface area (Å²) >= 11 is 0. The third-order valence-electron chi connectivity index (χ3n) is 2.60. The van der Waals surface area contributed by atoms with Crippen molar-refractivity contribution < 1.29 is 19.1 Å². The van der Waals surface area contributed by atoms with Crippen molar-refractivity contribution >= 4 is 11.9 Å². The van der Waals surface area contributed by atoms with Crippen molar-refractivity contribution in [1.82, 2.24) is 0 Å². The number of esters is 2. The highest BCUT2D eigenvalue weighted by atomic mass is 16.5. The molecule has 0 bridgehead atoms. The highest BCUT2D eigenvalue weighted by Gasteiger charge is 1.96. The Morgan fingerprint density at radius 2 is 1.23 bits per heavy atom. The number of benzene rings is 2. The number of para-hydroxylation sites is 1. The molecule has 4 heteroatoms. The summed E-state index contributed by atoms with van der Waals surface area (Å²) in [5.74, 6) is 0.639. The van der Waals surface area contributed by atoms with Crippen molar-refractivity contribution in [3.8, 4) is 11.5 Å². The Bertz CT molecular complexity index is 588. The molecular weight excluding hydrogens is 280 g/mol. The summed E-state index contributed by atoms with van der Waals surface area (Å²) < 4.78 is 9.65. The average molecular weight is 300 g/mol. The number of hydrogen-bond acceptors (Lipinski definition) is 4. The summed E-state index contributed by atoms with van der Waals surface area (Å²) in [7, 11) is 0. The van der Waals surface area contributed by atoms with Gasteiger partial charge in [0.1, 0.15) is 11.5 Å². The molecule has 0 amide bonds. The second kappa shape index (κ2) is 9.34. The van der Waals surface area contributed by atoms with Gasteiger partial charge in [-0.2, -0.15) is 0 Å². The second-order valence-electron chi connectivity index (χ2n) is 4.50. The van der Waals surface area contributed by atoms with Crippen molar-refractivity contribution in [1.29, 1.82) is 0 Å². The first-order valence-corrected chi connectivity index (χ1v) is 7.02. The van der Waals surface area contributed by atoms with Crippen LogP contribution in [0.1, 0.15) is 26.3 Å². The van der Waals surface area contributed by atoms with Crippen molar-refractivity contribution in [3.05, 3.63) is 60.2 Å². The zero-order valence-corrected chi connectivity index (χ0v) is 13.0. The molecule has 0 aliphatic heterocycles. The standard InChI is InChI=1S/C10H12O2.C8H8O2/c1-3-9-4-6-10(7-5-9)12-8(2)11;1-7(9)10-8-5-3-2-4-6-8/h4-7H,3H2,1-2H3;2-6H,1H3. The van der Waals surface area contributed by atoms with Gasteiger partial charge in [-0.1, -0.05) is 37.3 Å². The lowest BCUT2D eigenvalue weighted by molar-refractivity contribution is -0.132. The quantitative estimate of drug-likeness (QED) is 0.639. The smallest absolute Gasteiger partial charge is 0.308 e. The van der Waals surface area contributed by atoms with Crippen LogP contribution in [0.15, 0.2) is 54.6 Å². The predicted molar refractivity (Wildman–Crippen MR) is 84.9 cm³/mol. The molecule has 0 aliphatic carbocycles. The summed E-state index contributed by atoms with van der Waals surface area (Å²) in [5.41, 5.74) is 1.24. The van der Waals surface area contributed by atoms with Gasteiger partial charge in [0.25, 0.3) is 0 Å². The SMILES string of the molecule is CC(=O)Oc1ccccc1.CCc1ccc(OC(C)=O)cc1. The van der Waals surface area contributed by atoms with Crippen LogP contribution < -0.4 is 9.47 Å². The number of carbonyl (C=O) groups excluding carboxylic acids is 2. The van der Waals surface area contributed by atoms with E-state index in [4.69, 9.17) is 9.47 Å². The summed E-state index contributed by atoms with van der Waals surface area (Å²) in [5, 5.41) is 0. The third kappa shape index (κ3) is 7.24. The molecule has 0 fully saturated rings. The molecule has 0 saturated heterocycles. The van der Waals surface area contributed by atoms with E-state index in [1.165, 1.54) is 19.4 Å². The molecule has 0 aromatic heterocycles. The minimum atomic E-state index is -0.286. The van der Waals surface area contributed by atoms with E-state index in [-0.39, 0.29) is 11.9 Å². The van der Waals surface area contributed by atoms with Crippen molar-refractivity contribution in [2.45, 2.75) is 27.2 Å². The fourth-order valence-corrected chi connectivity index (χ4v) is 1.61. The number of ether oxygens (including phenoxy) is 2. The Kier molecular flexibility index (Phi) is 7.40. The molecule has 0 unspecified atom stereocenters. The zero-order chi connectivity index (χ0) is 16.4. The van der Waals surface area contributed by atoms with Crippen molar-refractivity contribution in [2.24, 2.45) is 0 Å². The van der Waals surface area contributed by atoms with Crippen LogP contribution in [-0.2, 0) is 16.0 Å². The largest absolute Gasteiger partial charge is 0.427 e. The van der Waals surface area contributed by atoms with Crippen molar-refractivity contribution in [3.63, 3.8) is 0 Å². The normalized spacial score (nSPS) is 9.23. The first-order valence-electron chi connectivity index (χ1n) is 7.02. The Labute approximate surface area is 130 Å². The van der Waals surface area contributed by atoms with Crippen LogP contribution in [0.4, 0.5) is 0 Å². The van der Waals surface area contributed by atoms with Gasteiger partial charge in [-0.05, 0) is 36.2 Å². The molecule has 0 aliphatic rings. The summed E-state index contributed by atoms with van der Waals surface area (Å²) in [6.07, 6.45) is 1.00. The summed E-state index contributed by atoms with van der Waals surface area (Å²) in [4.78, 5) is 20.9. The summed E-state index contributed by atoms with van der Waals surface area (Å²) in [6, 6.07) is 16.5. The van der Waals surface area contributed by atoms with Gasteiger partial charge < -0.3 is 9.47 Å². The molecule has 0 N–H and O–H groups in total. The summed E-state index contributed by atoms with van der Waals surface area (Å²) in [6.45, 7) is 4.86. The molecule has 4 nitrogen and oxygen atoms in total. The van der Waals surface area contributed by atoms with Gasteiger partial charge in [-0.3, -0.25) is 9.59 Å². The molecule has 0 radical (unpaired) electrons. The van der Waals surface area contributed by atoms with Gasteiger partial charge in [-0.15, -0.1) is 0 Å². The monoisotopic (exact) mass is 300 g/mol. The van der Waals surface area contributed by atoms with E-state index in [2.05, 4.69) is 6.92 Å². The Balaban J connectivity index is 0.000000224. The topological polar surface area (TPSA) is 52.6 Å². The van der Waals surface area contributed by atoms with Gasteiger partial charge in [0.2, 0.25) is 0 Å². The fourth-order valence-electron chi connectivity index (χ4n) is 1.61. The Hall–Kier alpha value is -2.62. The Morgan fingerprint density at radius 3 is 1.64 bits per heavy atom. The van der Waals surface area contributed by atoms with E-state index in [0.717, 1.165) is 6.42 Å². The second-order valence-corrected chi connectivity index (χ2v) is 4.50. The zero-order valence-electron chi connectivity index (χ0n) is 13.0. The minimum absolute atomic E-state index is 0.278. The molecule has 116 valence electrons. The van der Waals surface area contributed by atoms with E-state index in [1.807, 2.05) is 30.3 Å². The molecule has 2 aromatic rings. The number of aryl methyl sites for hydroxylation is 1. The minimum Gasteiger partial charge on any atom is -0.427 e. The number of hydrogen-bond donors (Lipinski definition) is 0. The van der Waals surface area contributed by atoms with Crippen LogP contribution in [0, 0.1) is 0 Å². The molecular formula is C18H20O4. The molecule has 0 heterocycles. The Morgan fingerprint density at radius 1 is 0.773 bits per heavy atom. The number of carbonyl (C=O) groups is 2. The maximum absolute atomic E-state index is 10.5. The molecule has 0 spiro atoms. The third-order valence-corrected chi connectivity index (χ3v) is 2.60. The van der Waals surface area contributed by atoms with Crippen LogP contribution in [0.25, 0.3) is 0 Å².